The fourth-order valence-corrected chi connectivity index (χ4v) is 2.38. The Bertz CT molecular complexity index is 471. The Labute approximate surface area is 100 Å². The van der Waals surface area contributed by atoms with E-state index < -0.39 is 0 Å². The van der Waals surface area contributed by atoms with Gasteiger partial charge in [0.15, 0.2) is 0 Å². The molecule has 1 aliphatic heterocycles. The summed E-state index contributed by atoms with van der Waals surface area (Å²) in [7, 11) is 0. The summed E-state index contributed by atoms with van der Waals surface area (Å²) >= 11 is 0. The van der Waals surface area contributed by atoms with Crippen molar-refractivity contribution in [2.75, 3.05) is 0 Å². The van der Waals surface area contributed by atoms with Crippen LogP contribution in [-0.4, -0.2) is 24.5 Å². The van der Waals surface area contributed by atoms with Crippen LogP contribution in [-0.2, 0) is 25.9 Å². The molecule has 0 bridgehead atoms. The molecule has 1 aliphatic rings. The van der Waals surface area contributed by atoms with E-state index in [4.69, 9.17) is 0 Å². The topological polar surface area (TPSA) is 48.5 Å². The second kappa shape index (κ2) is 4.69. The van der Waals surface area contributed by atoms with E-state index in [-0.39, 0.29) is 0 Å². The van der Waals surface area contributed by atoms with Crippen LogP contribution < -0.4 is 0 Å². The third kappa shape index (κ3) is 2.23. The van der Waals surface area contributed by atoms with Crippen molar-refractivity contribution in [1.82, 2.24) is 24.5 Å². The van der Waals surface area contributed by atoms with Gasteiger partial charge < -0.3 is 4.57 Å². The Morgan fingerprint density at radius 2 is 2.18 bits per heavy atom. The molecule has 2 aromatic rings. The number of hydrogen-bond acceptors (Lipinski definition) is 3. The lowest BCUT2D eigenvalue weighted by Gasteiger charge is -2.06. The van der Waals surface area contributed by atoms with E-state index in [0.717, 1.165) is 37.6 Å². The highest BCUT2D eigenvalue weighted by molar-refractivity contribution is 4.98. The second-order valence-electron chi connectivity index (χ2n) is 4.51. The van der Waals surface area contributed by atoms with E-state index in [1.54, 1.807) is 0 Å². The largest absolute Gasteiger partial charge is 0.315 e. The van der Waals surface area contributed by atoms with E-state index >= 15 is 0 Å². The molecule has 0 aromatic carbocycles. The van der Waals surface area contributed by atoms with Gasteiger partial charge in [0.1, 0.15) is 11.6 Å². The fourth-order valence-electron chi connectivity index (χ4n) is 2.38. The summed E-state index contributed by atoms with van der Waals surface area (Å²) in [6.45, 7) is 1.96. The average Bonchev–Trinajstić information content (AvgIpc) is 2.92. The first kappa shape index (κ1) is 10.5. The van der Waals surface area contributed by atoms with Crippen LogP contribution in [0.3, 0.4) is 0 Å². The lowest BCUT2D eigenvalue weighted by molar-refractivity contribution is 0.556. The predicted octanol–water partition coefficient (Wildman–Crippen LogP) is 1.44. The van der Waals surface area contributed by atoms with Gasteiger partial charge in [0.25, 0.3) is 0 Å². The number of aromatic nitrogens is 5. The van der Waals surface area contributed by atoms with Gasteiger partial charge in [-0.3, -0.25) is 4.68 Å². The van der Waals surface area contributed by atoms with Gasteiger partial charge in [0, 0.05) is 38.3 Å². The van der Waals surface area contributed by atoms with Crippen molar-refractivity contribution in [3.8, 4) is 0 Å². The molecular formula is C12H17N5. The first-order valence-electron chi connectivity index (χ1n) is 6.32. The Hall–Kier alpha value is -1.65. The normalized spacial score (nSPS) is 15.5. The molecule has 0 aliphatic carbocycles. The molecule has 0 fully saturated rings. The molecule has 17 heavy (non-hydrogen) atoms. The van der Waals surface area contributed by atoms with Gasteiger partial charge >= 0.3 is 0 Å². The summed E-state index contributed by atoms with van der Waals surface area (Å²) in [5.74, 6) is 2.27. The van der Waals surface area contributed by atoms with E-state index in [0.29, 0.717) is 0 Å². The molecular weight excluding hydrogens is 214 g/mol. The quantitative estimate of drug-likeness (QED) is 0.803. The summed E-state index contributed by atoms with van der Waals surface area (Å²) in [6, 6.07) is 1.95. The van der Waals surface area contributed by atoms with E-state index in [1.165, 1.54) is 19.3 Å². The molecule has 5 nitrogen and oxygen atoms in total. The molecule has 0 saturated heterocycles. The van der Waals surface area contributed by atoms with Crippen LogP contribution in [0, 0.1) is 0 Å². The van der Waals surface area contributed by atoms with Crippen molar-refractivity contribution in [2.24, 2.45) is 0 Å². The first-order valence-corrected chi connectivity index (χ1v) is 6.32. The van der Waals surface area contributed by atoms with Crippen LogP contribution >= 0.6 is 0 Å². The molecule has 0 amide bonds. The van der Waals surface area contributed by atoms with Gasteiger partial charge in [0.2, 0.25) is 0 Å². The smallest absolute Gasteiger partial charge is 0.134 e. The van der Waals surface area contributed by atoms with Crippen LogP contribution in [0.1, 0.15) is 30.9 Å². The van der Waals surface area contributed by atoms with Crippen molar-refractivity contribution in [2.45, 2.75) is 45.2 Å². The molecule has 3 rings (SSSR count). The van der Waals surface area contributed by atoms with Crippen LogP contribution in [0.25, 0.3) is 0 Å². The lowest BCUT2D eigenvalue weighted by Crippen LogP contribution is -2.09. The van der Waals surface area contributed by atoms with Crippen molar-refractivity contribution < 1.29 is 0 Å². The molecule has 0 spiro atoms. The lowest BCUT2D eigenvalue weighted by atomic mass is 10.2. The summed E-state index contributed by atoms with van der Waals surface area (Å²) < 4.78 is 4.24. The van der Waals surface area contributed by atoms with E-state index in [9.17, 15) is 0 Å². The molecule has 90 valence electrons. The third-order valence-electron chi connectivity index (χ3n) is 3.31. The predicted molar refractivity (Wildman–Crippen MR) is 63.5 cm³/mol. The summed E-state index contributed by atoms with van der Waals surface area (Å²) in [5, 5.41) is 12.8. The molecule has 5 heteroatoms. The molecule has 0 atom stereocenters. The maximum Gasteiger partial charge on any atom is 0.134 e. The van der Waals surface area contributed by atoms with Gasteiger partial charge in [-0.15, -0.1) is 10.2 Å². The number of aryl methyl sites for hydroxylation is 3. The fraction of sp³-hybridized carbons (Fsp3) is 0.583. The Balaban J connectivity index is 1.73. The van der Waals surface area contributed by atoms with Gasteiger partial charge in [-0.05, 0) is 18.9 Å². The van der Waals surface area contributed by atoms with Crippen molar-refractivity contribution in [3.05, 3.63) is 30.1 Å². The zero-order valence-corrected chi connectivity index (χ0v) is 9.92. The highest BCUT2D eigenvalue weighted by atomic mass is 15.3. The van der Waals surface area contributed by atoms with Gasteiger partial charge in [-0.1, -0.05) is 6.42 Å². The SMILES string of the molecule is c1cnn(CCc2nnc3n2CCCCC3)c1. The third-order valence-corrected chi connectivity index (χ3v) is 3.31. The minimum absolute atomic E-state index is 0.880. The number of nitrogens with zero attached hydrogens (tertiary/aromatic N) is 5. The van der Waals surface area contributed by atoms with Crippen LogP contribution in [0.4, 0.5) is 0 Å². The maximum absolute atomic E-state index is 4.31. The summed E-state index contributed by atoms with van der Waals surface area (Å²) in [4.78, 5) is 0. The average molecular weight is 231 g/mol. The summed E-state index contributed by atoms with van der Waals surface area (Å²) in [5.41, 5.74) is 0. The van der Waals surface area contributed by atoms with Crippen molar-refractivity contribution in [1.29, 1.82) is 0 Å². The zero-order valence-electron chi connectivity index (χ0n) is 9.92. The Kier molecular flexibility index (Phi) is 2.90. The molecule has 0 N–H and O–H groups in total. The molecule has 0 radical (unpaired) electrons. The molecule has 0 unspecified atom stereocenters. The molecule has 2 aromatic heterocycles. The second-order valence-corrected chi connectivity index (χ2v) is 4.51. The van der Waals surface area contributed by atoms with Crippen molar-refractivity contribution >= 4 is 0 Å². The van der Waals surface area contributed by atoms with Crippen LogP contribution in [0.5, 0.6) is 0 Å². The monoisotopic (exact) mass is 231 g/mol. The van der Waals surface area contributed by atoms with Gasteiger partial charge in [-0.2, -0.15) is 5.10 Å². The number of rotatable bonds is 3. The Morgan fingerprint density at radius 1 is 1.18 bits per heavy atom. The van der Waals surface area contributed by atoms with Crippen LogP contribution in [0.2, 0.25) is 0 Å². The molecule has 0 saturated carbocycles. The Morgan fingerprint density at radius 3 is 3.06 bits per heavy atom. The first-order chi connectivity index (χ1) is 8.43. The van der Waals surface area contributed by atoms with E-state index in [2.05, 4.69) is 19.9 Å². The standard InChI is InChI=1S/C12H17N5/c1-2-5-11-14-15-12(17(11)9-3-1)6-10-16-8-4-7-13-16/h4,7-8H,1-3,5-6,9-10H2. The van der Waals surface area contributed by atoms with Gasteiger partial charge in [-0.25, -0.2) is 0 Å². The highest BCUT2D eigenvalue weighted by Gasteiger charge is 2.14. The van der Waals surface area contributed by atoms with Crippen molar-refractivity contribution in [3.63, 3.8) is 0 Å². The highest BCUT2D eigenvalue weighted by Crippen LogP contribution is 2.14. The zero-order chi connectivity index (χ0) is 11.5. The minimum Gasteiger partial charge on any atom is -0.315 e. The number of hydrogen-bond donors (Lipinski definition) is 0. The van der Waals surface area contributed by atoms with Gasteiger partial charge in [0.05, 0.1) is 0 Å². The summed E-state index contributed by atoms with van der Waals surface area (Å²) in [6.07, 6.45) is 9.59. The number of fused-ring (bicyclic) bond motifs is 1. The minimum atomic E-state index is 0.880. The maximum atomic E-state index is 4.31. The van der Waals surface area contributed by atoms with Crippen LogP contribution in [0.15, 0.2) is 18.5 Å². The van der Waals surface area contributed by atoms with E-state index in [1.807, 2.05) is 23.1 Å². The molecule has 3 heterocycles.